The van der Waals surface area contributed by atoms with Gasteiger partial charge in [0, 0.05) is 20.3 Å². The third-order valence-electron chi connectivity index (χ3n) is 2.74. The molecule has 0 aromatic carbocycles. The predicted molar refractivity (Wildman–Crippen MR) is 59.6 cm³/mol. The second-order valence-corrected chi connectivity index (χ2v) is 4.05. The lowest BCUT2D eigenvalue weighted by atomic mass is 9.84. The molecule has 0 saturated heterocycles. The van der Waals surface area contributed by atoms with Crippen molar-refractivity contribution in [3.8, 4) is 0 Å². The van der Waals surface area contributed by atoms with E-state index in [1.165, 1.54) is 6.42 Å². The van der Waals surface area contributed by atoms with Gasteiger partial charge in [-0.05, 0) is 25.3 Å². The summed E-state index contributed by atoms with van der Waals surface area (Å²) < 4.78 is 10.4. The summed E-state index contributed by atoms with van der Waals surface area (Å²) in [6.07, 6.45) is 2.29. The minimum absolute atomic E-state index is 0.363. The van der Waals surface area contributed by atoms with E-state index in [0.29, 0.717) is 18.6 Å². The van der Waals surface area contributed by atoms with Crippen LogP contribution in [0.5, 0.6) is 0 Å². The number of ether oxygens (including phenoxy) is 2. The molecule has 0 saturated carbocycles. The summed E-state index contributed by atoms with van der Waals surface area (Å²) in [6, 6.07) is 0. The lowest BCUT2D eigenvalue weighted by Gasteiger charge is -2.27. The number of rotatable bonds is 9. The van der Waals surface area contributed by atoms with Gasteiger partial charge in [0.15, 0.2) is 0 Å². The van der Waals surface area contributed by atoms with Crippen molar-refractivity contribution in [1.29, 1.82) is 0 Å². The number of hydrogen-bond acceptors (Lipinski definition) is 3. The zero-order chi connectivity index (χ0) is 10.9. The predicted octanol–water partition coefficient (Wildman–Crippen LogP) is 1.68. The monoisotopic (exact) mass is 203 g/mol. The van der Waals surface area contributed by atoms with Crippen LogP contribution in [-0.2, 0) is 9.47 Å². The molecule has 0 aromatic heterocycles. The molecule has 3 heteroatoms. The maximum atomic E-state index is 5.47. The molecule has 0 fully saturated rings. The van der Waals surface area contributed by atoms with Gasteiger partial charge in [0.25, 0.3) is 0 Å². The Morgan fingerprint density at radius 2 is 1.93 bits per heavy atom. The van der Waals surface area contributed by atoms with Gasteiger partial charge >= 0.3 is 0 Å². The van der Waals surface area contributed by atoms with Gasteiger partial charge in [-0.2, -0.15) is 0 Å². The smallest absolute Gasteiger partial charge is 0.0700 e. The molecule has 0 bridgehead atoms. The van der Waals surface area contributed by atoms with E-state index in [1.54, 1.807) is 7.11 Å². The molecule has 0 aliphatic heterocycles. The highest BCUT2D eigenvalue weighted by atomic mass is 16.5. The first-order valence-electron chi connectivity index (χ1n) is 5.40. The van der Waals surface area contributed by atoms with Gasteiger partial charge in [0.1, 0.15) is 0 Å². The van der Waals surface area contributed by atoms with Crippen LogP contribution in [0.3, 0.4) is 0 Å². The van der Waals surface area contributed by atoms with Crippen LogP contribution < -0.4 is 5.32 Å². The molecule has 0 aliphatic rings. The Morgan fingerprint density at radius 3 is 2.43 bits per heavy atom. The largest absolute Gasteiger partial charge is 0.382 e. The fraction of sp³-hybridized carbons (Fsp3) is 1.00. The highest BCUT2D eigenvalue weighted by Gasteiger charge is 2.20. The van der Waals surface area contributed by atoms with Crippen molar-refractivity contribution in [2.75, 3.05) is 40.5 Å². The third kappa shape index (κ3) is 6.35. The summed E-state index contributed by atoms with van der Waals surface area (Å²) in [5.74, 6) is 0. The van der Waals surface area contributed by atoms with E-state index in [1.807, 2.05) is 7.05 Å². The maximum absolute atomic E-state index is 5.47. The van der Waals surface area contributed by atoms with Crippen LogP contribution >= 0.6 is 0 Å². The zero-order valence-electron chi connectivity index (χ0n) is 10.1. The lowest BCUT2D eigenvalue weighted by molar-refractivity contribution is 0.0530. The standard InChI is InChI=1S/C11H25NO2/c1-5-11(2,10-12-3)6-7-14-9-8-13-4/h12H,5-10H2,1-4H3. The zero-order valence-corrected chi connectivity index (χ0v) is 10.1. The quantitative estimate of drug-likeness (QED) is 0.578. The molecule has 86 valence electrons. The van der Waals surface area contributed by atoms with Crippen LogP contribution in [0.1, 0.15) is 26.7 Å². The van der Waals surface area contributed by atoms with Crippen molar-refractivity contribution in [1.82, 2.24) is 5.32 Å². The average Bonchev–Trinajstić information content (AvgIpc) is 2.18. The normalized spacial score (nSPS) is 15.4. The highest BCUT2D eigenvalue weighted by molar-refractivity contribution is 4.74. The van der Waals surface area contributed by atoms with E-state index in [-0.39, 0.29) is 0 Å². The van der Waals surface area contributed by atoms with Crippen molar-refractivity contribution >= 4 is 0 Å². The van der Waals surface area contributed by atoms with Crippen molar-refractivity contribution in [3.05, 3.63) is 0 Å². The topological polar surface area (TPSA) is 30.5 Å². The summed E-state index contributed by atoms with van der Waals surface area (Å²) in [5, 5.41) is 3.23. The van der Waals surface area contributed by atoms with Gasteiger partial charge in [-0.25, -0.2) is 0 Å². The van der Waals surface area contributed by atoms with E-state index in [9.17, 15) is 0 Å². The maximum Gasteiger partial charge on any atom is 0.0700 e. The molecule has 1 N–H and O–H groups in total. The van der Waals surface area contributed by atoms with Gasteiger partial charge in [0.05, 0.1) is 13.2 Å². The van der Waals surface area contributed by atoms with Crippen LogP contribution in [-0.4, -0.2) is 40.5 Å². The van der Waals surface area contributed by atoms with E-state index in [0.717, 1.165) is 19.6 Å². The molecule has 0 aromatic rings. The Morgan fingerprint density at radius 1 is 1.21 bits per heavy atom. The van der Waals surface area contributed by atoms with Crippen molar-refractivity contribution in [2.24, 2.45) is 5.41 Å². The Bertz CT molecular complexity index is 130. The van der Waals surface area contributed by atoms with E-state index in [4.69, 9.17) is 9.47 Å². The SMILES string of the molecule is CCC(C)(CCOCCOC)CNC. The Kier molecular flexibility index (Phi) is 8.14. The molecule has 1 atom stereocenters. The second kappa shape index (κ2) is 8.21. The summed E-state index contributed by atoms with van der Waals surface area (Å²) in [4.78, 5) is 0. The molecular formula is C11H25NO2. The summed E-state index contributed by atoms with van der Waals surface area (Å²) >= 11 is 0. The fourth-order valence-electron chi connectivity index (χ4n) is 1.38. The molecule has 0 spiro atoms. The minimum Gasteiger partial charge on any atom is -0.382 e. The lowest BCUT2D eigenvalue weighted by Crippen LogP contribution is -2.30. The van der Waals surface area contributed by atoms with E-state index in [2.05, 4.69) is 19.2 Å². The molecule has 3 nitrogen and oxygen atoms in total. The first-order chi connectivity index (χ1) is 6.68. The summed E-state index contributed by atoms with van der Waals surface area (Å²) in [5.41, 5.74) is 0.363. The molecule has 1 unspecified atom stereocenters. The van der Waals surface area contributed by atoms with Crippen LogP contribution in [0.4, 0.5) is 0 Å². The van der Waals surface area contributed by atoms with Crippen molar-refractivity contribution in [2.45, 2.75) is 26.7 Å². The molecule has 0 heterocycles. The van der Waals surface area contributed by atoms with E-state index >= 15 is 0 Å². The number of methoxy groups -OCH3 is 1. The first kappa shape index (κ1) is 13.9. The van der Waals surface area contributed by atoms with Crippen LogP contribution in [0.25, 0.3) is 0 Å². The van der Waals surface area contributed by atoms with Crippen molar-refractivity contribution in [3.63, 3.8) is 0 Å². The highest BCUT2D eigenvalue weighted by Crippen LogP contribution is 2.24. The minimum atomic E-state index is 0.363. The molecule has 0 radical (unpaired) electrons. The van der Waals surface area contributed by atoms with E-state index < -0.39 is 0 Å². The van der Waals surface area contributed by atoms with Gasteiger partial charge < -0.3 is 14.8 Å². The molecular weight excluding hydrogens is 178 g/mol. The second-order valence-electron chi connectivity index (χ2n) is 4.05. The van der Waals surface area contributed by atoms with Gasteiger partial charge in [0.2, 0.25) is 0 Å². The van der Waals surface area contributed by atoms with Crippen molar-refractivity contribution < 1.29 is 9.47 Å². The molecule has 0 aliphatic carbocycles. The Hall–Kier alpha value is -0.120. The first-order valence-corrected chi connectivity index (χ1v) is 5.40. The van der Waals surface area contributed by atoms with Gasteiger partial charge in [-0.3, -0.25) is 0 Å². The molecule has 0 rings (SSSR count). The number of nitrogens with one attached hydrogen (secondary N) is 1. The van der Waals surface area contributed by atoms with Gasteiger partial charge in [-0.15, -0.1) is 0 Å². The van der Waals surface area contributed by atoms with Gasteiger partial charge in [-0.1, -0.05) is 13.8 Å². The Labute approximate surface area is 88.2 Å². The molecule has 14 heavy (non-hydrogen) atoms. The average molecular weight is 203 g/mol. The fourth-order valence-corrected chi connectivity index (χ4v) is 1.38. The number of hydrogen-bond donors (Lipinski definition) is 1. The molecule has 0 amide bonds. The van der Waals surface area contributed by atoms with Crippen LogP contribution in [0.15, 0.2) is 0 Å². The van der Waals surface area contributed by atoms with Crippen LogP contribution in [0.2, 0.25) is 0 Å². The van der Waals surface area contributed by atoms with Crippen LogP contribution in [0, 0.1) is 5.41 Å². The third-order valence-corrected chi connectivity index (χ3v) is 2.74. The summed E-state index contributed by atoms with van der Waals surface area (Å²) in [7, 11) is 3.69. The Balaban J connectivity index is 3.51. The summed E-state index contributed by atoms with van der Waals surface area (Å²) in [6.45, 7) is 7.80.